The minimum Gasteiger partial charge on any atom is -0.356 e. The number of aromatic nitrogens is 1. The van der Waals surface area contributed by atoms with Crippen LogP contribution in [0.5, 0.6) is 0 Å². The lowest BCUT2D eigenvalue weighted by atomic mass is 10.2. The zero-order chi connectivity index (χ0) is 19.5. The van der Waals surface area contributed by atoms with Gasteiger partial charge in [-0.15, -0.1) is 30.6 Å². The van der Waals surface area contributed by atoms with E-state index in [1.165, 1.54) is 0 Å². The summed E-state index contributed by atoms with van der Waals surface area (Å²) >= 11 is 0. The van der Waals surface area contributed by atoms with Crippen LogP contribution in [0, 0.1) is 0 Å². The van der Waals surface area contributed by atoms with Crippen molar-refractivity contribution in [2.45, 2.75) is 19.3 Å². The lowest BCUT2D eigenvalue weighted by Gasteiger charge is -2.35. The standard InChI is InChI=1S/C20H32N6O.HI/c1-4-5-8-13-24(3)20(21-2)23-12-10-19(27)26-16-14-25(15-17-26)18-9-6-7-11-22-18;/h4,6-7,9,11H,1,5,8,10,12-17H2,2-3H3,(H,21,23);1H. The first-order valence-electron chi connectivity index (χ1n) is 9.62. The molecule has 1 saturated heterocycles. The topological polar surface area (TPSA) is 64.1 Å². The van der Waals surface area contributed by atoms with E-state index in [0.29, 0.717) is 13.0 Å². The van der Waals surface area contributed by atoms with E-state index < -0.39 is 0 Å². The normalized spacial score (nSPS) is 14.3. The number of rotatable bonds is 8. The summed E-state index contributed by atoms with van der Waals surface area (Å²) in [5.41, 5.74) is 0. The molecule has 0 spiro atoms. The van der Waals surface area contributed by atoms with Crippen molar-refractivity contribution >= 4 is 41.7 Å². The van der Waals surface area contributed by atoms with Crippen LogP contribution in [0.3, 0.4) is 0 Å². The minimum atomic E-state index is 0. The summed E-state index contributed by atoms with van der Waals surface area (Å²) in [5, 5.41) is 3.28. The number of carbonyl (C=O) groups is 1. The molecule has 0 bridgehead atoms. The number of unbranched alkanes of at least 4 members (excludes halogenated alkanes) is 1. The van der Waals surface area contributed by atoms with Crippen LogP contribution in [0.2, 0.25) is 0 Å². The lowest BCUT2D eigenvalue weighted by molar-refractivity contribution is -0.131. The monoisotopic (exact) mass is 500 g/mol. The van der Waals surface area contributed by atoms with E-state index in [2.05, 4.69) is 31.7 Å². The molecule has 8 heteroatoms. The molecule has 1 aromatic rings. The van der Waals surface area contributed by atoms with Gasteiger partial charge >= 0.3 is 0 Å². The summed E-state index contributed by atoms with van der Waals surface area (Å²) in [7, 11) is 3.78. The molecule has 0 unspecified atom stereocenters. The Hall–Kier alpha value is -1.84. The minimum absolute atomic E-state index is 0. The number of amides is 1. The fourth-order valence-electron chi connectivity index (χ4n) is 3.13. The number of carbonyl (C=O) groups excluding carboxylic acids is 1. The molecule has 1 amide bonds. The van der Waals surface area contributed by atoms with Crippen LogP contribution in [0.15, 0.2) is 42.0 Å². The summed E-state index contributed by atoms with van der Waals surface area (Å²) in [6.45, 7) is 8.38. The number of hydrogen-bond donors (Lipinski definition) is 1. The third kappa shape index (κ3) is 7.65. The van der Waals surface area contributed by atoms with Crippen LogP contribution in [0.1, 0.15) is 19.3 Å². The predicted octanol–water partition coefficient (Wildman–Crippen LogP) is 2.21. The van der Waals surface area contributed by atoms with E-state index in [-0.39, 0.29) is 29.9 Å². The van der Waals surface area contributed by atoms with Crippen molar-refractivity contribution in [3.63, 3.8) is 0 Å². The van der Waals surface area contributed by atoms with Crippen LogP contribution >= 0.6 is 24.0 Å². The predicted molar refractivity (Wildman–Crippen MR) is 126 cm³/mol. The largest absolute Gasteiger partial charge is 0.356 e. The molecule has 1 N–H and O–H groups in total. The number of piperazine rings is 1. The molecular weight excluding hydrogens is 467 g/mol. The van der Waals surface area contributed by atoms with Crippen LogP contribution in [0.4, 0.5) is 5.82 Å². The number of guanidine groups is 1. The highest BCUT2D eigenvalue weighted by Crippen LogP contribution is 2.12. The zero-order valence-corrected chi connectivity index (χ0v) is 19.3. The molecule has 0 atom stereocenters. The maximum atomic E-state index is 12.5. The van der Waals surface area contributed by atoms with E-state index in [4.69, 9.17) is 0 Å². The average Bonchev–Trinajstić information content (AvgIpc) is 2.72. The number of halogens is 1. The first-order valence-corrected chi connectivity index (χ1v) is 9.62. The number of hydrogen-bond acceptors (Lipinski definition) is 4. The first-order chi connectivity index (χ1) is 13.2. The van der Waals surface area contributed by atoms with Gasteiger partial charge in [0.05, 0.1) is 0 Å². The second kappa shape index (κ2) is 13.4. The Bertz CT molecular complexity index is 616. The molecule has 156 valence electrons. The third-order valence-electron chi connectivity index (χ3n) is 4.70. The number of nitrogens with zero attached hydrogens (tertiary/aromatic N) is 5. The van der Waals surface area contributed by atoms with Gasteiger partial charge in [-0.3, -0.25) is 9.79 Å². The quantitative estimate of drug-likeness (QED) is 0.195. The highest BCUT2D eigenvalue weighted by atomic mass is 127. The van der Waals surface area contributed by atoms with Crippen LogP contribution in [0.25, 0.3) is 0 Å². The van der Waals surface area contributed by atoms with Crippen molar-refractivity contribution in [1.29, 1.82) is 0 Å². The van der Waals surface area contributed by atoms with Crippen molar-refractivity contribution in [2.75, 3.05) is 58.3 Å². The van der Waals surface area contributed by atoms with Crippen LogP contribution in [-0.2, 0) is 4.79 Å². The maximum Gasteiger partial charge on any atom is 0.224 e. The first kappa shape index (κ1) is 24.2. The molecule has 1 aromatic heterocycles. The van der Waals surface area contributed by atoms with Gasteiger partial charge in [-0.25, -0.2) is 4.98 Å². The molecule has 1 aliphatic heterocycles. The molecule has 7 nitrogen and oxygen atoms in total. The average molecular weight is 500 g/mol. The zero-order valence-electron chi connectivity index (χ0n) is 17.0. The third-order valence-corrected chi connectivity index (χ3v) is 4.70. The SMILES string of the molecule is C=CCCCN(C)C(=NC)NCCC(=O)N1CCN(c2ccccn2)CC1.I. The fraction of sp³-hybridized carbons (Fsp3) is 0.550. The summed E-state index contributed by atoms with van der Waals surface area (Å²) < 4.78 is 0. The Balaban J connectivity index is 0.00000392. The van der Waals surface area contributed by atoms with E-state index in [1.54, 1.807) is 13.2 Å². The smallest absolute Gasteiger partial charge is 0.224 e. The highest BCUT2D eigenvalue weighted by molar-refractivity contribution is 14.0. The van der Waals surface area contributed by atoms with Gasteiger partial charge in [-0.05, 0) is 25.0 Å². The second-order valence-corrected chi connectivity index (χ2v) is 6.63. The summed E-state index contributed by atoms with van der Waals surface area (Å²) in [4.78, 5) is 27.4. The van der Waals surface area contributed by atoms with Gasteiger partial charge in [0.1, 0.15) is 5.82 Å². The Labute approximate surface area is 185 Å². The van der Waals surface area contributed by atoms with Crippen LogP contribution < -0.4 is 10.2 Å². The molecular formula is C20H33IN6O. The van der Waals surface area contributed by atoms with Gasteiger partial charge in [0.25, 0.3) is 0 Å². The Kier molecular flexibility index (Phi) is 11.5. The van der Waals surface area contributed by atoms with Gasteiger partial charge < -0.3 is 20.0 Å². The second-order valence-electron chi connectivity index (χ2n) is 6.63. The number of nitrogens with one attached hydrogen (secondary N) is 1. The molecule has 0 aromatic carbocycles. The van der Waals surface area contributed by atoms with Gasteiger partial charge in [-0.2, -0.15) is 0 Å². The van der Waals surface area contributed by atoms with Crippen molar-refractivity contribution in [3.05, 3.63) is 37.1 Å². The number of allylic oxidation sites excluding steroid dienone is 1. The molecule has 0 radical (unpaired) electrons. The van der Waals surface area contributed by atoms with Crippen molar-refractivity contribution in [3.8, 4) is 0 Å². The van der Waals surface area contributed by atoms with E-state index in [9.17, 15) is 4.79 Å². The van der Waals surface area contributed by atoms with Crippen molar-refractivity contribution in [2.24, 2.45) is 4.99 Å². The molecule has 28 heavy (non-hydrogen) atoms. The number of pyridine rings is 1. The van der Waals surface area contributed by atoms with Gasteiger partial charge in [0.15, 0.2) is 5.96 Å². The van der Waals surface area contributed by atoms with E-state index in [1.807, 2.05) is 36.2 Å². The fourth-order valence-corrected chi connectivity index (χ4v) is 3.13. The summed E-state index contributed by atoms with van der Waals surface area (Å²) in [6.07, 6.45) is 6.24. The van der Waals surface area contributed by atoms with Crippen molar-refractivity contribution in [1.82, 2.24) is 20.1 Å². The molecule has 2 rings (SSSR count). The lowest BCUT2D eigenvalue weighted by Crippen LogP contribution is -2.49. The Morgan fingerprint density at radius 2 is 2.11 bits per heavy atom. The molecule has 2 heterocycles. The van der Waals surface area contributed by atoms with Gasteiger partial charge in [0, 0.05) is 66.0 Å². The van der Waals surface area contributed by atoms with Crippen LogP contribution in [-0.4, -0.2) is 80.0 Å². The molecule has 1 aliphatic rings. The highest BCUT2D eigenvalue weighted by Gasteiger charge is 2.21. The summed E-state index contributed by atoms with van der Waals surface area (Å²) in [6, 6.07) is 5.92. The van der Waals surface area contributed by atoms with Gasteiger partial charge in [-0.1, -0.05) is 12.1 Å². The maximum absolute atomic E-state index is 12.5. The molecule has 0 saturated carbocycles. The van der Waals surface area contributed by atoms with Gasteiger partial charge in [0.2, 0.25) is 5.91 Å². The van der Waals surface area contributed by atoms with Crippen molar-refractivity contribution < 1.29 is 4.79 Å². The molecule has 1 fully saturated rings. The summed E-state index contributed by atoms with van der Waals surface area (Å²) in [5.74, 6) is 1.99. The Morgan fingerprint density at radius 1 is 1.36 bits per heavy atom. The number of anilines is 1. The molecule has 0 aliphatic carbocycles. The van der Waals surface area contributed by atoms with E-state index in [0.717, 1.165) is 57.3 Å². The Morgan fingerprint density at radius 3 is 2.71 bits per heavy atom. The number of aliphatic imine (C=N–C) groups is 1. The van der Waals surface area contributed by atoms with E-state index >= 15 is 0 Å².